The molecule has 0 radical (unpaired) electrons. The molecule has 1 saturated heterocycles. The maximum Gasteiger partial charge on any atom is 0.416 e. The Morgan fingerprint density at radius 1 is 1.05 bits per heavy atom. The number of likely N-dealkylation sites (N-methyl/N-ethyl adjacent to an activating group) is 1. The van der Waals surface area contributed by atoms with Gasteiger partial charge in [-0.1, -0.05) is 24.3 Å². The number of phenols is 1. The number of nitrogens with zero attached hydrogens (tertiary/aromatic N) is 4. The van der Waals surface area contributed by atoms with E-state index in [-0.39, 0.29) is 17.1 Å². The van der Waals surface area contributed by atoms with Crippen molar-refractivity contribution < 1.29 is 23.1 Å². The number of para-hydroxylation sites is 1. The number of hydrogen-bond donors (Lipinski definition) is 1. The molecule has 3 aromatic carbocycles. The second-order valence-corrected chi connectivity index (χ2v) is 9.62. The molecule has 1 atom stereocenters. The minimum Gasteiger partial charge on any atom is -0.508 e. The smallest absolute Gasteiger partial charge is 0.416 e. The molecular weight excluding hydrogens is 481 g/mol. The van der Waals surface area contributed by atoms with Crippen molar-refractivity contribution in [3.05, 3.63) is 83.4 Å². The fourth-order valence-electron chi connectivity index (χ4n) is 4.90. The lowest BCUT2D eigenvalue weighted by atomic mass is 10.1. The molecule has 0 bridgehead atoms. The van der Waals surface area contributed by atoms with Gasteiger partial charge < -0.3 is 10.0 Å². The lowest BCUT2D eigenvalue weighted by Gasteiger charge is -2.22. The summed E-state index contributed by atoms with van der Waals surface area (Å²) in [6.07, 6.45) is -3.47. The number of likely N-dealkylation sites (tertiary alicyclic amines) is 1. The van der Waals surface area contributed by atoms with Gasteiger partial charge in [0.1, 0.15) is 11.5 Å². The van der Waals surface area contributed by atoms with Crippen LogP contribution in [0.4, 0.5) is 30.2 Å². The first kappa shape index (κ1) is 25.0. The fraction of sp³-hybridized carbons (Fsp3) is 0.286. The van der Waals surface area contributed by atoms with Crippen LogP contribution in [0.1, 0.15) is 23.1 Å². The number of rotatable bonds is 5. The molecule has 0 unspecified atom stereocenters. The average molecular weight is 509 g/mol. The summed E-state index contributed by atoms with van der Waals surface area (Å²) in [6.45, 7) is 2.33. The molecule has 0 saturated carbocycles. The number of aliphatic imine (C=N–C) groups is 1. The number of alkyl halides is 3. The Morgan fingerprint density at radius 3 is 2.57 bits per heavy atom. The van der Waals surface area contributed by atoms with Crippen LogP contribution in [0, 0.1) is 0 Å². The lowest BCUT2D eigenvalue weighted by molar-refractivity contribution is -0.137. The van der Waals surface area contributed by atoms with Crippen LogP contribution in [-0.2, 0) is 17.5 Å². The third-order valence-electron chi connectivity index (χ3n) is 6.91. The second-order valence-electron chi connectivity index (χ2n) is 9.62. The zero-order chi connectivity index (χ0) is 26.3. The highest BCUT2D eigenvalue weighted by Gasteiger charge is 2.36. The largest absolute Gasteiger partial charge is 0.508 e. The summed E-state index contributed by atoms with van der Waals surface area (Å²) in [5.74, 6) is -0.293. The third kappa shape index (κ3) is 4.97. The maximum atomic E-state index is 13.6. The van der Waals surface area contributed by atoms with Gasteiger partial charge in [0.05, 0.1) is 16.9 Å². The van der Waals surface area contributed by atoms with Crippen LogP contribution in [0.2, 0.25) is 0 Å². The van der Waals surface area contributed by atoms with Crippen molar-refractivity contribution in [3.63, 3.8) is 0 Å². The molecular formula is C28H27F3N4O2. The molecule has 0 aromatic heterocycles. The van der Waals surface area contributed by atoms with Crippen LogP contribution in [0.25, 0.3) is 0 Å². The minimum atomic E-state index is -4.51. The Labute approximate surface area is 213 Å². The van der Waals surface area contributed by atoms with E-state index in [4.69, 9.17) is 0 Å². The first-order valence-corrected chi connectivity index (χ1v) is 12.0. The van der Waals surface area contributed by atoms with E-state index in [9.17, 15) is 23.1 Å². The van der Waals surface area contributed by atoms with Gasteiger partial charge in [0, 0.05) is 42.5 Å². The number of fused-ring (bicyclic) bond motifs is 1. The van der Waals surface area contributed by atoms with Gasteiger partial charge in [0.25, 0.3) is 5.91 Å². The van der Waals surface area contributed by atoms with E-state index in [1.54, 1.807) is 42.5 Å². The predicted octanol–water partition coefficient (Wildman–Crippen LogP) is 5.35. The van der Waals surface area contributed by atoms with E-state index in [2.05, 4.69) is 28.9 Å². The van der Waals surface area contributed by atoms with E-state index in [0.29, 0.717) is 35.1 Å². The number of anilines is 2. The summed E-state index contributed by atoms with van der Waals surface area (Å²) >= 11 is 0. The van der Waals surface area contributed by atoms with Crippen molar-refractivity contribution >= 4 is 28.7 Å². The average Bonchev–Trinajstić information content (AvgIpc) is 3.43. The van der Waals surface area contributed by atoms with Crippen LogP contribution in [0.3, 0.4) is 0 Å². The van der Waals surface area contributed by atoms with Crippen LogP contribution in [-0.4, -0.2) is 59.8 Å². The highest BCUT2D eigenvalue weighted by atomic mass is 19.4. The monoisotopic (exact) mass is 508 g/mol. The van der Waals surface area contributed by atoms with E-state index in [0.717, 1.165) is 31.6 Å². The molecule has 2 aliphatic heterocycles. The number of carbonyl (C=O) groups is 1. The maximum absolute atomic E-state index is 13.6. The Bertz CT molecular complexity index is 1370. The van der Waals surface area contributed by atoms with E-state index < -0.39 is 17.6 Å². The summed E-state index contributed by atoms with van der Waals surface area (Å²) in [5, 5.41) is 10.6. The summed E-state index contributed by atoms with van der Waals surface area (Å²) in [5.41, 5.74) is 1.67. The number of benzene rings is 3. The molecule has 1 N–H and O–H groups in total. The standard InChI is InChI=1S/C28H27F3N4O2/c1-33(2)22-12-13-34(17-22)16-18-14-21(10-11-25(18)36)35-24-9-4-3-8-23(24)26(27(35)37)32-20-7-5-6-19(15-20)28(29,30)31/h3-11,14-15,22,36H,12-13,16-17H2,1-2H3/t22-/m1/s1. The first-order valence-electron chi connectivity index (χ1n) is 12.0. The molecule has 9 heteroatoms. The van der Waals surface area contributed by atoms with Gasteiger partial charge in [-0.2, -0.15) is 13.2 Å². The van der Waals surface area contributed by atoms with Gasteiger partial charge >= 0.3 is 6.18 Å². The molecule has 1 amide bonds. The van der Waals surface area contributed by atoms with Crippen LogP contribution < -0.4 is 4.90 Å². The molecule has 2 aliphatic rings. The Morgan fingerprint density at radius 2 is 1.84 bits per heavy atom. The normalized spacial score (nSPS) is 19.3. The van der Waals surface area contributed by atoms with Crippen molar-refractivity contribution in [3.8, 4) is 5.75 Å². The fourth-order valence-corrected chi connectivity index (χ4v) is 4.90. The van der Waals surface area contributed by atoms with Crippen molar-refractivity contribution in [2.75, 3.05) is 32.1 Å². The summed E-state index contributed by atoms with van der Waals surface area (Å²) < 4.78 is 39.6. The SMILES string of the molecule is CN(C)[C@@H]1CCN(Cc2cc(N3C(=O)C(=Nc4cccc(C(F)(F)F)c4)c4ccccc43)ccc2O)C1. The highest BCUT2D eigenvalue weighted by Crippen LogP contribution is 2.39. The van der Waals surface area contributed by atoms with Gasteiger partial charge in [0.15, 0.2) is 0 Å². The van der Waals surface area contributed by atoms with Crippen molar-refractivity contribution in [2.24, 2.45) is 4.99 Å². The molecule has 3 aromatic rings. The first-order chi connectivity index (χ1) is 17.6. The topological polar surface area (TPSA) is 59.4 Å². The van der Waals surface area contributed by atoms with Gasteiger partial charge in [0.2, 0.25) is 0 Å². The summed E-state index contributed by atoms with van der Waals surface area (Å²) in [6, 6.07) is 17.1. The lowest BCUT2D eigenvalue weighted by Crippen LogP contribution is -2.31. The number of halogens is 3. The Balaban J connectivity index is 1.48. The third-order valence-corrected chi connectivity index (χ3v) is 6.91. The number of carbonyl (C=O) groups excluding carboxylic acids is 1. The van der Waals surface area contributed by atoms with Gasteiger partial charge in [-0.05, 0) is 63.0 Å². The molecule has 1 fully saturated rings. The predicted molar refractivity (Wildman–Crippen MR) is 137 cm³/mol. The number of hydrogen-bond acceptors (Lipinski definition) is 5. The Hall–Kier alpha value is -3.69. The van der Waals surface area contributed by atoms with Crippen molar-refractivity contribution in [1.82, 2.24) is 9.80 Å². The van der Waals surface area contributed by atoms with E-state index in [1.807, 2.05) is 0 Å². The molecule has 0 spiro atoms. The van der Waals surface area contributed by atoms with Gasteiger partial charge in [-0.25, -0.2) is 4.99 Å². The zero-order valence-corrected chi connectivity index (χ0v) is 20.5. The second kappa shape index (κ2) is 9.64. The molecule has 5 rings (SSSR count). The molecule has 192 valence electrons. The van der Waals surface area contributed by atoms with E-state index in [1.165, 1.54) is 17.0 Å². The number of amides is 1. The highest BCUT2D eigenvalue weighted by molar-refractivity contribution is 6.56. The van der Waals surface area contributed by atoms with Gasteiger partial charge in [-0.15, -0.1) is 0 Å². The molecule has 37 heavy (non-hydrogen) atoms. The minimum absolute atomic E-state index is 0.0469. The Kier molecular flexibility index (Phi) is 6.51. The van der Waals surface area contributed by atoms with Gasteiger partial charge in [-0.3, -0.25) is 14.6 Å². The molecule has 2 heterocycles. The zero-order valence-electron chi connectivity index (χ0n) is 20.5. The van der Waals surface area contributed by atoms with Crippen molar-refractivity contribution in [1.29, 1.82) is 0 Å². The van der Waals surface area contributed by atoms with Crippen LogP contribution in [0.15, 0.2) is 71.7 Å². The quantitative estimate of drug-likeness (QED) is 0.505. The summed E-state index contributed by atoms with van der Waals surface area (Å²) in [4.78, 5) is 23.9. The summed E-state index contributed by atoms with van der Waals surface area (Å²) in [7, 11) is 4.11. The number of aromatic hydroxyl groups is 1. The van der Waals surface area contributed by atoms with Crippen LogP contribution in [0.5, 0.6) is 5.75 Å². The number of phenolic OH excluding ortho intramolecular Hbond substituents is 1. The van der Waals surface area contributed by atoms with Crippen molar-refractivity contribution in [2.45, 2.75) is 25.2 Å². The molecule has 0 aliphatic carbocycles. The van der Waals surface area contributed by atoms with Crippen LogP contribution >= 0.6 is 0 Å². The van der Waals surface area contributed by atoms with E-state index >= 15 is 0 Å². The molecule has 6 nitrogen and oxygen atoms in total.